The van der Waals surface area contributed by atoms with Gasteiger partial charge in [-0.3, -0.25) is 9.10 Å². The predicted molar refractivity (Wildman–Crippen MR) is 90.8 cm³/mol. The summed E-state index contributed by atoms with van der Waals surface area (Å²) in [5, 5.41) is 0.427. The summed E-state index contributed by atoms with van der Waals surface area (Å²) in [6.45, 7) is 6.63. The van der Waals surface area contributed by atoms with E-state index in [1.165, 1.54) is 4.31 Å². The standard InChI is InChI=1S/C15H23ClN2O3S/c1-5-14(15(19)17(6-2)7-3)18(22(4,20)21)13-10-8-9-12(16)11-13/h8-11,14H,5-7H2,1-4H3/t14-/m1/s1. The molecule has 7 heteroatoms. The Bertz CT molecular complexity index is 615. The van der Waals surface area contributed by atoms with Crippen molar-refractivity contribution in [2.75, 3.05) is 23.7 Å². The van der Waals surface area contributed by atoms with Crippen molar-refractivity contribution in [3.05, 3.63) is 29.3 Å². The van der Waals surface area contributed by atoms with Gasteiger partial charge in [0, 0.05) is 18.1 Å². The Hall–Kier alpha value is -1.27. The van der Waals surface area contributed by atoms with Crippen molar-refractivity contribution >= 4 is 33.2 Å². The van der Waals surface area contributed by atoms with Gasteiger partial charge in [0.1, 0.15) is 6.04 Å². The van der Waals surface area contributed by atoms with Gasteiger partial charge in [-0.25, -0.2) is 8.42 Å². The lowest BCUT2D eigenvalue weighted by Crippen LogP contribution is -2.50. The van der Waals surface area contributed by atoms with E-state index in [2.05, 4.69) is 0 Å². The number of nitrogens with zero attached hydrogens (tertiary/aromatic N) is 2. The fourth-order valence-corrected chi connectivity index (χ4v) is 3.79. The number of benzene rings is 1. The minimum atomic E-state index is -3.61. The molecule has 0 fully saturated rings. The number of hydrogen-bond donors (Lipinski definition) is 0. The summed E-state index contributed by atoms with van der Waals surface area (Å²) in [4.78, 5) is 14.3. The van der Waals surface area contributed by atoms with E-state index in [-0.39, 0.29) is 5.91 Å². The molecule has 1 aromatic rings. The first kappa shape index (κ1) is 18.8. The van der Waals surface area contributed by atoms with E-state index in [1.54, 1.807) is 36.1 Å². The molecule has 0 saturated carbocycles. The molecule has 22 heavy (non-hydrogen) atoms. The molecule has 0 saturated heterocycles. The Labute approximate surface area is 137 Å². The largest absolute Gasteiger partial charge is 0.341 e. The van der Waals surface area contributed by atoms with E-state index in [1.807, 2.05) is 13.8 Å². The lowest BCUT2D eigenvalue weighted by molar-refractivity contribution is -0.132. The van der Waals surface area contributed by atoms with Crippen molar-refractivity contribution < 1.29 is 13.2 Å². The molecule has 1 aromatic carbocycles. The zero-order valence-corrected chi connectivity index (χ0v) is 15.0. The van der Waals surface area contributed by atoms with E-state index in [0.29, 0.717) is 30.2 Å². The third kappa shape index (κ3) is 4.36. The second-order valence-electron chi connectivity index (χ2n) is 4.97. The summed E-state index contributed by atoms with van der Waals surface area (Å²) in [7, 11) is -3.61. The first-order valence-corrected chi connectivity index (χ1v) is 9.52. The van der Waals surface area contributed by atoms with Crippen LogP contribution >= 0.6 is 11.6 Å². The number of carbonyl (C=O) groups is 1. The lowest BCUT2D eigenvalue weighted by atomic mass is 10.1. The molecule has 0 aliphatic rings. The zero-order valence-electron chi connectivity index (χ0n) is 13.4. The van der Waals surface area contributed by atoms with Gasteiger partial charge in [0.15, 0.2) is 0 Å². The average Bonchev–Trinajstić information content (AvgIpc) is 2.44. The number of rotatable bonds is 7. The monoisotopic (exact) mass is 346 g/mol. The van der Waals surface area contributed by atoms with Crippen LogP contribution in [0, 0.1) is 0 Å². The Kier molecular flexibility index (Phi) is 6.68. The second-order valence-corrected chi connectivity index (χ2v) is 7.27. The molecule has 0 unspecified atom stereocenters. The molecule has 0 aliphatic heterocycles. The van der Waals surface area contributed by atoms with Crippen LogP contribution in [0.15, 0.2) is 24.3 Å². The number of amides is 1. The second kappa shape index (κ2) is 7.83. The Morgan fingerprint density at radius 1 is 1.23 bits per heavy atom. The molecule has 0 radical (unpaired) electrons. The minimum Gasteiger partial charge on any atom is -0.341 e. The molecule has 0 N–H and O–H groups in total. The third-order valence-electron chi connectivity index (χ3n) is 3.45. The van der Waals surface area contributed by atoms with Crippen LogP contribution in [0.5, 0.6) is 0 Å². The van der Waals surface area contributed by atoms with Gasteiger partial charge in [0.25, 0.3) is 0 Å². The molecule has 0 spiro atoms. The highest BCUT2D eigenvalue weighted by atomic mass is 35.5. The normalized spacial score (nSPS) is 12.8. The van der Waals surface area contributed by atoms with Crippen LogP contribution in [0.3, 0.4) is 0 Å². The molecule has 0 bridgehead atoms. The molecule has 0 aliphatic carbocycles. The van der Waals surface area contributed by atoms with Crippen molar-refractivity contribution in [3.63, 3.8) is 0 Å². The van der Waals surface area contributed by atoms with Crippen LogP contribution in [0.2, 0.25) is 5.02 Å². The molecule has 1 atom stereocenters. The molecular formula is C15H23ClN2O3S. The van der Waals surface area contributed by atoms with E-state index in [9.17, 15) is 13.2 Å². The van der Waals surface area contributed by atoms with Crippen LogP contribution in [-0.4, -0.2) is 44.6 Å². The van der Waals surface area contributed by atoms with Crippen molar-refractivity contribution in [2.45, 2.75) is 33.2 Å². The van der Waals surface area contributed by atoms with Crippen LogP contribution < -0.4 is 4.31 Å². The highest BCUT2D eigenvalue weighted by Crippen LogP contribution is 2.26. The van der Waals surface area contributed by atoms with Crippen LogP contribution in [0.1, 0.15) is 27.2 Å². The van der Waals surface area contributed by atoms with Crippen molar-refractivity contribution in [3.8, 4) is 0 Å². The molecule has 124 valence electrons. The van der Waals surface area contributed by atoms with E-state index < -0.39 is 16.1 Å². The molecule has 5 nitrogen and oxygen atoms in total. The van der Waals surface area contributed by atoms with Gasteiger partial charge in [0.2, 0.25) is 15.9 Å². The number of halogens is 1. The summed E-state index contributed by atoms with van der Waals surface area (Å²) in [5.41, 5.74) is 0.405. The van der Waals surface area contributed by atoms with Crippen molar-refractivity contribution in [2.24, 2.45) is 0 Å². The highest BCUT2D eigenvalue weighted by molar-refractivity contribution is 7.92. The molecule has 0 aromatic heterocycles. The quantitative estimate of drug-likeness (QED) is 0.762. The van der Waals surface area contributed by atoms with Crippen LogP contribution in [0.25, 0.3) is 0 Å². The maximum Gasteiger partial charge on any atom is 0.246 e. The smallest absolute Gasteiger partial charge is 0.246 e. The maximum absolute atomic E-state index is 12.7. The first-order valence-electron chi connectivity index (χ1n) is 7.29. The Balaban J connectivity index is 3.34. The number of sulfonamides is 1. The van der Waals surface area contributed by atoms with Crippen molar-refractivity contribution in [1.82, 2.24) is 4.90 Å². The third-order valence-corrected chi connectivity index (χ3v) is 4.86. The van der Waals surface area contributed by atoms with E-state index in [0.717, 1.165) is 6.26 Å². The van der Waals surface area contributed by atoms with Crippen molar-refractivity contribution in [1.29, 1.82) is 0 Å². The van der Waals surface area contributed by atoms with E-state index in [4.69, 9.17) is 11.6 Å². The van der Waals surface area contributed by atoms with Gasteiger partial charge in [0.05, 0.1) is 11.9 Å². The number of likely N-dealkylation sites (N-methyl/N-ethyl adjacent to an activating group) is 1. The first-order chi connectivity index (χ1) is 10.3. The summed E-state index contributed by atoms with van der Waals surface area (Å²) < 4.78 is 25.7. The number of anilines is 1. The molecule has 0 heterocycles. The topological polar surface area (TPSA) is 57.7 Å². The zero-order chi connectivity index (χ0) is 16.9. The average molecular weight is 347 g/mol. The number of carbonyl (C=O) groups excluding carboxylic acids is 1. The molecule has 1 amide bonds. The summed E-state index contributed by atoms with van der Waals surface area (Å²) >= 11 is 5.97. The van der Waals surface area contributed by atoms with Gasteiger partial charge >= 0.3 is 0 Å². The summed E-state index contributed by atoms with van der Waals surface area (Å²) in [6, 6.07) is 5.77. The van der Waals surface area contributed by atoms with Crippen LogP contribution in [-0.2, 0) is 14.8 Å². The molecule has 1 rings (SSSR count). The fourth-order valence-electron chi connectivity index (χ4n) is 2.40. The SMILES string of the molecule is CC[C@H](C(=O)N(CC)CC)N(c1cccc(Cl)c1)S(C)(=O)=O. The summed E-state index contributed by atoms with van der Waals surface area (Å²) in [6.07, 6.45) is 1.49. The van der Waals surface area contributed by atoms with E-state index >= 15 is 0 Å². The Morgan fingerprint density at radius 2 is 1.82 bits per heavy atom. The van der Waals surface area contributed by atoms with Gasteiger partial charge in [-0.15, -0.1) is 0 Å². The lowest BCUT2D eigenvalue weighted by Gasteiger charge is -2.33. The highest BCUT2D eigenvalue weighted by Gasteiger charge is 2.33. The molecular weight excluding hydrogens is 324 g/mol. The van der Waals surface area contributed by atoms with Gasteiger partial charge < -0.3 is 4.90 Å². The van der Waals surface area contributed by atoms with Gasteiger partial charge in [-0.1, -0.05) is 24.6 Å². The maximum atomic E-state index is 12.7. The number of hydrogen-bond acceptors (Lipinski definition) is 3. The Morgan fingerprint density at radius 3 is 2.23 bits per heavy atom. The van der Waals surface area contributed by atoms with Crippen LogP contribution in [0.4, 0.5) is 5.69 Å². The predicted octanol–water partition coefficient (Wildman–Crippen LogP) is 2.75. The van der Waals surface area contributed by atoms with Gasteiger partial charge in [-0.2, -0.15) is 0 Å². The van der Waals surface area contributed by atoms with Gasteiger partial charge in [-0.05, 0) is 38.5 Å². The summed E-state index contributed by atoms with van der Waals surface area (Å²) in [5.74, 6) is -0.196. The minimum absolute atomic E-state index is 0.196. The fraction of sp³-hybridized carbons (Fsp3) is 0.533.